The maximum absolute atomic E-state index is 12.4. The lowest BCUT2D eigenvalue weighted by Gasteiger charge is -2.28. The molecule has 0 fully saturated rings. The molecule has 0 rings (SSSR count). The van der Waals surface area contributed by atoms with Crippen LogP contribution in [0.4, 0.5) is 13.2 Å². The molecule has 0 heterocycles. The smallest absolute Gasteiger partial charge is 0.417 e. The van der Waals surface area contributed by atoms with Gasteiger partial charge in [0, 0.05) is 12.3 Å². The van der Waals surface area contributed by atoms with Gasteiger partial charge in [0.25, 0.3) is 0 Å². The Hall–Kier alpha value is -0.430. The third kappa shape index (κ3) is 3.90. The van der Waals surface area contributed by atoms with Crippen LogP contribution in [0.3, 0.4) is 0 Å². The van der Waals surface area contributed by atoms with Gasteiger partial charge in [0.2, 0.25) is 5.54 Å². The molecule has 1 unspecified atom stereocenters. The van der Waals surface area contributed by atoms with E-state index in [2.05, 4.69) is 0 Å². The highest BCUT2D eigenvalue weighted by molar-refractivity contribution is 7.99. The third-order valence-corrected chi connectivity index (χ3v) is 2.82. The van der Waals surface area contributed by atoms with Crippen LogP contribution in [0.1, 0.15) is 13.8 Å². The van der Waals surface area contributed by atoms with Crippen LogP contribution in [0.25, 0.3) is 0 Å². The molecule has 0 aliphatic carbocycles. The third-order valence-electron chi connectivity index (χ3n) is 1.92. The van der Waals surface area contributed by atoms with Gasteiger partial charge in [-0.25, -0.2) is 4.79 Å². The van der Waals surface area contributed by atoms with Crippen LogP contribution in [-0.4, -0.2) is 40.8 Å². The molecule has 0 saturated carbocycles. The quantitative estimate of drug-likeness (QED) is 0.700. The van der Waals surface area contributed by atoms with E-state index in [1.807, 2.05) is 12.2 Å². The standard InChI is InChI=1S/C8H14F3NO2S/c1-3-15-5-4-12-7(2,6(13)14)8(9,10)11/h12H,3-5H2,1-2H3,(H,13,14). The van der Waals surface area contributed by atoms with Crippen LogP contribution in [-0.2, 0) is 4.79 Å². The number of aliphatic carboxylic acids is 1. The van der Waals surface area contributed by atoms with Gasteiger partial charge in [-0.3, -0.25) is 5.32 Å². The zero-order valence-corrected chi connectivity index (χ0v) is 9.34. The minimum Gasteiger partial charge on any atom is -0.480 e. The van der Waals surface area contributed by atoms with Crippen LogP contribution < -0.4 is 5.32 Å². The molecule has 2 N–H and O–H groups in total. The SMILES string of the molecule is CCSCCNC(C)(C(=O)O)C(F)(F)F. The largest absolute Gasteiger partial charge is 0.480 e. The van der Waals surface area contributed by atoms with Crippen molar-refractivity contribution in [3.63, 3.8) is 0 Å². The maximum Gasteiger partial charge on any atom is 0.417 e. The van der Waals surface area contributed by atoms with Gasteiger partial charge in [0.05, 0.1) is 0 Å². The number of hydrogen-bond acceptors (Lipinski definition) is 3. The Morgan fingerprint density at radius 3 is 2.33 bits per heavy atom. The monoisotopic (exact) mass is 245 g/mol. The van der Waals surface area contributed by atoms with Crippen molar-refractivity contribution in [1.29, 1.82) is 0 Å². The fourth-order valence-corrected chi connectivity index (χ4v) is 1.35. The molecule has 0 amide bonds. The molecule has 0 spiro atoms. The van der Waals surface area contributed by atoms with E-state index in [-0.39, 0.29) is 6.54 Å². The topological polar surface area (TPSA) is 49.3 Å². The summed E-state index contributed by atoms with van der Waals surface area (Å²) in [6.07, 6.45) is -4.80. The Morgan fingerprint density at radius 2 is 2.00 bits per heavy atom. The fraction of sp³-hybridized carbons (Fsp3) is 0.875. The van der Waals surface area contributed by atoms with Gasteiger partial charge in [-0.2, -0.15) is 24.9 Å². The summed E-state index contributed by atoms with van der Waals surface area (Å²) in [6.45, 7) is 2.53. The molecular weight excluding hydrogens is 231 g/mol. The lowest BCUT2D eigenvalue weighted by Crippen LogP contribution is -2.60. The number of carbonyl (C=O) groups is 1. The van der Waals surface area contributed by atoms with Crippen molar-refractivity contribution in [1.82, 2.24) is 5.32 Å². The van der Waals surface area contributed by atoms with Crippen molar-refractivity contribution in [2.24, 2.45) is 0 Å². The van der Waals surface area contributed by atoms with Crippen molar-refractivity contribution in [2.75, 3.05) is 18.1 Å². The number of halogens is 3. The minimum absolute atomic E-state index is 0.0147. The number of alkyl halides is 3. The first kappa shape index (κ1) is 14.6. The zero-order valence-electron chi connectivity index (χ0n) is 8.52. The molecule has 0 aliphatic heterocycles. The van der Waals surface area contributed by atoms with Crippen LogP contribution in [0.15, 0.2) is 0 Å². The summed E-state index contributed by atoms with van der Waals surface area (Å²) in [7, 11) is 0. The fourth-order valence-electron chi connectivity index (χ4n) is 0.815. The number of thioether (sulfide) groups is 1. The predicted molar refractivity (Wildman–Crippen MR) is 53.1 cm³/mol. The molecule has 0 bridgehead atoms. The number of hydrogen-bond donors (Lipinski definition) is 2. The molecule has 0 saturated heterocycles. The second kappa shape index (κ2) is 5.60. The molecule has 0 aromatic heterocycles. The summed E-state index contributed by atoms with van der Waals surface area (Å²) in [5.41, 5.74) is -2.86. The van der Waals surface area contributed by atoms with Crippen molar-refractivity contribution in [3.05, 3.63) is 0 Å². The Balaban J connectivity index is 4.35. The Kier molecular flexibility index (Phi) is 5.44. The summed E-state index contributed by atoms with van der Waals surface area (Å²) >= 11 is 1.45. The molecule has 0 radical (unpaired) electrons. The highest BCUT2D eigenvalue weighted by Gasteiger charge is 2.56. The first-order chi connectivity index (χ1) is 6.75. The number of carboxylic acid groups (broad SMARTS) is 1. The summed E-state index contributed by atoms with van der Waals surface area (Å²) in [6, 6.07) is 0. The van der Waals surface area contributed by atoms with Gasteiger partial charge in [0.15, 0.2) is 0 Å². The van der Waals surface area contributed by atoms with Gasteiger partial charge in [0.1, 0.15) is 0 Å². The average molecular weight is 245 g/mol. The number of carboxylic acids is 1. The first-order valence-corrected chi connectivity index (χ1v) is 5.54. The normalized spacial score (nSPS) is 16.1. The molecule has 90 valence electrons. The highest BCUT2D eigenvalue weighted by atomic mass is 32.2. The molecular formula is C8H14F3NO2S. The Bertz CT molecular complexity index is 222. The van der Waals surface area contributed by atoms with Gasteiger partial charge >= 0.3 is 12.1 Å². The van der Waals surface area contributed by atoms with Gasteiger partial charge in [-0.1, -0.05) is 6.92 Å². The lowest BCUT2D eigenvalue weighted by molar-refractivity contribution is -0.205. The molecule has 15 heavy (non-hydrogen) atoms. The van der Waals surface area contributed by atoms with E-state index in [9.17, 15) is 18.0 Å². The van der Waals surface area contributed by atoms with Crippen molar-refractivity contribution in [2.45, 2.75) is 25.6 Å². The van der Waals surface area contributed by atoms with Crippen LogP contribution in [0.5, 0.6) is 0 Å². The summed E-state index contributed by atoms with van der Waals surface area (Å²) in [4.78, 5) is 10.5. The second-order valence-electron chi connectivity index (χ2n) is 3.05. The predicted octanol–water partition coefficient (Wildman–Crippen LogP) is 1.73. The van der Waals surface area contributed by atoms with E-state index >= 15 is 0 Å². The molecule has 0 aliphatic rings. The average Bonchev–Trinajstić information content (AvgIpc) is 2.09. The van der Waals surface area contributed by atoms with Crippen LogP contribution in [0.2, 0.25) is 0 Å². The highest BCUT2D eigenvalue weighted by Crippen LogP contribution is 2.30. The first-order valence-electron chi connectivity index (χ1n) is 4.38. The second-order valence-corrected chi connectivity index (χ2v) is 4.45. The van der Waals surface area contributed by atoms with Crippen LogP contribution in [0, 0.1) is 0 Å². The van der Waals surface area contributed by atoms with Gasteiger partial charge < -0.3 is 5.11 Å². The van der Waals surface area contributed by atoms with Crippen molar-refractivity contribution >= 4 is 17.7 Å². The van der Waals surface area contributed by atoms with E-state index in [1.165, 1.54) is 11.8 Å². The molecule has 1 atom stereocenters. The van der Waals surface area contributed by atoms with E-state index in [1.54, 1.807) is 0 Å². The van der Waals surface area contributed by atoms with Crippen LogP contribution >= 0.6 is 11.8 Å². The molecule has 0 aromatic carbocycles. The van der Waals surface area contributed by atoms with Gasteiger partial charge in [-0.15, -0.1) is 0 Å². The summed E-state index contributed by atoms with van der Waals surface area (Å²) in [5, 5.41) is 10.6. The Morgan fingerprint density at radius 1 is 1.47 bits per heavy atom. The number of rotatable bonds is 6. The molecule has 7 heteroatoms. The van der Waals surface area contributed by atoms with E-state index in [4.69, 9.17) is 5.11 Å². The van der Waals surface area contributed by atoms with Crippen molar-refractivity contribution in [3.8, 4) is 0 Å². The lowest BCUT2D eigenvalue weighted by atomic mass is 10.0. The summed E-state index contributed by atoms with van der Waals surface area (Å²) < 4.78 is 37.2. The molecule has 0 aromatic rings. The van der Waals surface area contributed by atoms with E-state index in [0.29, 0.717) is 12.7 Å². The Labute approximate surface area is 90.4 Å². The zero-order chi connectivity index (χ0) is 12.1. The molecule has 3 nitrogen and oxygen atoms in total. The van der Waals surface area contributed by atoms with Crippen molar-refractivity contribution < 1.29 is 23.1 Å². The van der Waals surface area contributed by atoms with Gasteiger partial charge in [-0.05, 0) is 12.7 Å². The maximum atomic E-state index is 12.4. The minimum atomic E-state index is -4.80. The van der Waals surface area contributed by atoms with E-state index < -0.39 is 17.7 Å². The summed E-state index contributed by atoms with van der Waals surface area (Å²) in [5.74, 6) is -0.663. The van der Waals surface area contributed by atoms with E-state index in [0.717, 1.165) is 5.75 Å². The number of nitrogens with one attached hydrogen (secondary N) is 1.